The lowest BCUT2D eigenvalue weighted by Gasteiger charge is -2.13. The first-order valence-corrected chi connectivity index (χ1v) is 7.44. The van der Waals surface area contributed by atoms with E-state index in [-0.39, 0.29) is 31.1 Å². The minimum absolute atomic E-state index is 0.0982. The van der Waals surface area contributed by atoms with Crippen molar-refractivity contribution in [2.45, 2.75) is 31.6 Å². The molecule has 1 saturated carbocycles. The fourth-order valence-corrected chi connectivity index (χ4v) is 2.92. The highest BCUT2D eigenvalue weighted by molar-refractivity contribution is 5.94. The third-order valence-electron chi connectivity index (χ3n) is 4.04. The van der Waals surface area contributed by atoms with Gasteiger partial charge in [0.15, 0.2) is 5.82 Å². The number of tetrazole rings is 1. The van der Waals surface area contributed by atoms with Crippen LogP contribution in [0.5, 0.6) is 0 Å². The van der Waals surface area contributed by atoms with Crippen LogP contribution in [0.4, 0.5) is 14.5 Å². The number of amides is 1. The molecule has 1 amide bonds. The van der Waals surface area contributed by atoms with E-state index in [1.165, 1.54) is 4.68 Å². The summed E-state index contributed by atoms with van der Waals surface area (Å²) in [6.07, 6.45) is 0.137. The minimum atomic E-state index is -2.63. The zero-order valence-corrected chi connectivity index (χ0v) is 12.7. The first-order chi connectivity index (χ1) is 10.9. The van der Waals surface area contributed by atoms with Crippen LogP contribution in [0.25, 0.3) is 11.4 Å². The molecule has 1 aromatic heterocycles. The van der Waals surface area contributed by atoms with Gasteiger partial charge in [-0.1, -0.05) is 12.1 Å². The van der Waals surface area contributed by atoms with Gasteiger partial charge in [-0.3, -0.25) is 4.79 Å². The van der Waals surface area contributed by atoms with Gasteiger partial charge in [-0.2, -0.15) is 0 Å². The van der Waals surface area contributed by atoms with Crippen LogP contribution in [-0.2, 0) is 11.8 Å². The maximum absolute atomic E-state index is 13.2. The molecule has 23 heavy (non-hydrogen) atoms. The van der Waals surface area contributed by atoms with Gasteiger partial charge >= 0.3 is 0 Å². The third-order valence-corrected chi connectivity index (χ3v) is 4.04. The Morgan fingerprint density at radius 3 is 2.87 bits per heavy atom. The van der Waals surface area contributed by atoms with E-state index in [1.807, 2.05) is 6.07 Å². The van der Waals surface area contributed by atoms with Gasteiger partial charge in [-0.05, 0) is 34.9 Å². The van der Waals surface area contributed by atoms with E-state index >= 15 is 0 Å². The highest BCUT2D eigenvalue weighted by Gasteiger charge is 2.39. The second-order valence-electron chi connectivity index (χ2n) is 5.89. The monoisotopic (exact) mass is 321 g/mol. The summed E-state index contributed by atoms with van der Waals surface area (Å²) in [7, 11) is 1.70. The Labute approximate surface area is 131 Å². The molecular formula is C15H17F2N5O. The number of carbonyl (C=O) groups is 1. The molecule has 1 N–H and O–H groups in total. The van der Waals surface area contributed by atoms with Crippen molar-refractivity contribution in [3.8, 4) is 11.4 Å². The van der Waals surface area contributed by atoms with Gasteiger partial charge in [0.2, 0.25) is 11.8 Å². The Bertz CT molecular complexity index is 715. The van der Waals surface area contributed by atoms with Crippen LogP contribution >= 0.6 is 0 Å². The van der Waals surface area contributed by atoms with Crippen LogP contribution in [0.3, 0.4) is 0 Å². The summed E-state index contributed by atoms with van der Waals surface area (Å²) in [5.74, 6) is -2.65. The van der Waals surface area contributed by atoms with Gasteiger partial charge in [-0.25, -0.2) is 13.5 Å². The number of nitrogens with zero attached hydrogens (tertiary/aromatic N) is 4. The fraction of sp³-hybridized carbons (Fsp3) is 0.467. The summed E-state index contributed by atoms with van der Waals surface area (Å²) in [6.45, 7) is 0. The first-order valence-electron chi connectivity index (χ1n) is 7.44. The molecule has 1 atom stereocenters. The summed E-state index contributed by atoms with van der Waals surface area (Å²) in [5.41, 5.74) is 1.25. The number of aryl methyl sites for hydroxylation is 1. The number of alkyl halides is 2. The molecule has 2 aromatic rings. The number of hydrogen-bond acceptors (Lipinski definition) is 4. The quantitative estimate of drug-likeness (QED) is 0.939. The lowest BCUT2D eigenvalue weighted by molar-refractivity contribution is -0.117. The van der Waals surface area contributed by atoms with Crippen LogP contribution in [0.15, 0.2) is 24.3 Å². The minimum Gasteiger partial charge on any atom is -0.325 e. The zero-order chi connectivity index (χ0) is 16.4. The first kappa shape index (κ1) is 15.5. The molecule has 1 aliphatic carbocycles. The van der Waals surface area contributed by atoms with E-state index in [9.17, 15) is 13.6 Å². The standard InChI is InChI=1S/C15H17F2N5O/c1-22-14(19-20-21-22)11-4-2-3-5-12(11)18-13(23)8-10-6-7-15(16,17)9-10/h2-5,10H,6-9H2,1H3,(H,18,23). The molecule has 0 radical (unpaired) electrons. The van der Waals surface area contributed by atoms with Gasteiger partial charge in [0.1, 0.15) is 0 Å². The van der Waals surface area contributed by atoms with Crippen molar-refractivity contribution >= 4 is 11.6 Å². The van der Waals surface area contributed by atoms with Crippen molar-refractivity contribution in [1.82, 2.24) is 20.2 Å². The average molecular weight is 321 g/mol. The van der Waals surface area contributed by atoms with E-state index in [2.05, 4.69) is 20.8 Å². The SMILES string of the molecule is Cn1nnnc1-c1ccccc1NC(=O)CC1CCC(F)(F)C1. The number of hydrogen-bond donors (Lipinski definition) is 1. The molecule has 3 rings (SSSR count). The molecule has 0 saturated heterocycles. The third kappa shape index (κ3) is 3.52. The van der Waals surface area contributed by atoms with E-state index in [0.29, 0.717) is 23.5 Å². The molecule has 1 aromatic carbocycles. The highest BCUT2D eigenvalue weighted by Crippen LogP contribution is 2.40. The number of rotatable bonds is 4. The number of para-hydroxylation sites is 1. The lowest BCUT2D eigenvalue weighted by Crippen LogP contribution is -2.17. The maximum atomic E-state index is 13.2. The van der Waals surface area contributed by atoms with Gasteiger partial charge in [0, 0.05) is 31.9 Å². The number of aromatic nitrogens is 4. The Hall–Kier alpha value is -2.38. The Balaban J connectivity index is 1.71. The van der Waals surface area contributed by atoms with Gasteiger partial charge < -0.3 is 5.32 Å². The van der Waals surface area contributed by atoms with Crippen molar-refractivity contribution in [2.24, 2.45) is 13.0 Å². The molecule has 122 valence electrons. The molecule has 1 fully saturated rings. The molecule has 0 bridgehead atoms. The van der Waals surface area contributed by atoms with Crippen LogP contribution < -0.4 is 5.32 Å². The molecule has 0 spiro atoms. The molecule has 1 unspecified atom stereocenters. The normalized spacial score (nSPS) is 19.7. The van der Waals surface area contributed by atoms with Gasteiger partial charge in [-0.15, -0.1) is 5.10 Å². The van der Waals surface area contributed by atoms with Crippen molar-refractivity contribution in [2.75, 3.05) is 5.32 Å². The molecule has 1 heterocycles. The number of carbonyl (C=O) groups excluding carboxylic acids is 1. The van der Waals surface area contributed by atoms with E-state index in [1.54, 1.807) is 25.2 Å². The maximum Gasteiger partial charge on any atom is 0.248 e. The van der Waals surface area contributed by atoms with E-state index < -0.39 is 5.92 Å². The lowest BCUT2D eigenvalue weighted by atomic mass is 10.0. The fourth-order valence-electron chi connectivity index (χ4n) is 2.92. The van der Waals surface area contributed by atoms with Crippen LogP contribution in [-0.4, -0.2) is 32.0 Å². The molecule has 1 aliphatic rings. The van der Waals surface area contributed by atoms with E-state index in [4.69, 9.17) is 0 Å². The molecule has 8 heteroatoms. The molecular weight excluding hydrogens is 304 g/mol. The van der Waals surface area contributed by atoms with Crippen LogP contribution in [0, 0.1) is 5.92 Å². The van der Waals surface area contributed by atoms with Crippen molar-refractivity contribution < 1.29 is 13.6 Å². The highest BCUT2D eigenvalue weighted by atomic mass is 19.3. The summed E-state index contributed by atoms with van der Waals surface area (Å²) >= 11 is 0. The predicted octanol–water partition coefficient (Wildman–Crippen LogP) is 2.64. The molecule has 0 aliphatic heterocycles. The topological polar surface area (TPSA) is 72.7 Å². The Morgan fingerprint density at radius 2 is 2.22 bits per heavy atom. The average Bonchev–Trinajstić information content (AvgIpc) is 3.05. The Morgan fingerprint density at radius 1 is 1.43 bits per heavy atom. The number of benzene rings is 1. The summed E-state index contributed by atoms with van der Waals surface area (Å²) in [5, 5.41) is 14.1. The van der Waals surface area contributed by atoms with Crippen molar-refractivity contribution in [3.63, 3.8) is 0 Å². The van der Waals surface area contributed by atoms with E-state index in [0.717, 1.165) is 0 Å². The number of nitrogens with one attached hydrogen (secondary N) is 1. The number of anilines is 1. The summed E-state index contributed by atoms with van der Waals surface area (Å²) < 4.78 is 27.9. The van der Waals surface area contributed by atoms with Crippen LogP contribution in [0.2, 0.25) is 0 Å². The van der Waals surface area contributed by atoms with Crippen molar-refractivity contribution in [1.29, 1.82) is 0 Å². The number of halogens is 2. The largest absolute Gasteiger partial charge is 0.325 e. The Kier molecular flexibility index (Phi) is 4.06. The zero-order valence-electron chi connectivity index (χ0n) is 12.7. The van der Waals surface area contributed by atoms with Gasteiger partial charge in [0.05, 0.1) is 5.69 Å². The van der Waals surface area contributed by atoms with Gasteiger partial charge in [0.25, 0.3) is 0 Å². The van der Waals surface area contributed by atoms with Crippen molar-refractivity contribution in [3.05, 3.63) is 24.3 Å². The predicted molar refractivity (Wildman–Crippen MR) is 79.8 cm³/mol. The molecule has 6 nitrogen and oxygen atoms in total. The second-order valence-corrected chi connectivity index (χ2v) is 5.89. The second kappa shape index (κ2) is 6.02. The smallest absolute Gasteiger partial charge is 0.248 e. The summed E-state index contributed by atoms with van der Waals surface area (Å²) in [6, 6.07) is 7.14. The summed E-state index contributed by atoms with van der Waals surface area (Å²) in [4.78, 5) is 12.2. The van der Waals surface area contributed by atoms with Crippen LogP contribution in [0.1, 0.15) is 25.7 Å².